The van der Waals surface area contributed by atoms with Gasteiger partial charge in [0.25, 0.3) is 0 Å². The summed E-state index contributed by atoms with van der Waals surface area (Å²) in [4.78, 5) is 11.0. The molecule has 1 heterocycles. The molecule has 0 atom stereocenters. The molecule has 94 valence electrons. The molecule has 1 aromatic heterocycles. The molecule has 5 nitrogen and oxygen atoms in total. The van der Waals surface area contributed by atoms with Crippen LogP contribution in [-0.2, 0) is 13.1 Å². The maximum atomic E-state index is 11.0. The van der Waals surface area contributed by atoms with Gasteiger partial charge in [-0.05, 0) is 12.5 Å². The molecule has 0 aliphatic rings. The summed E-state index contributed by atoms with van der Waals surface area (Å²) >= 11 is 0. The summed E-state index contributed by atoms with van der Waals surface area (Å²) in [7, 11) is 0. The van der Waals surface area contributed by atoms with Crippen LogP contribution in [0.1, 0.15) is 23.0 Å². The topological polar surface area (TPSA) is 67.2 Å². The average molecular weight is 245 g/mol. The fourth-order valence-corrected chi connectivity index (χ4v) is 1.66. The molecule has 0 saturated heterocycles. The predicted molar refractivity (Wildman–Crippen MR) is 68.6 cm³/mol. The lowest BCUT2D eigenvalue weighted by atomic mass is 10.2. The normalized spacial score (nSPS) is 10.3. The lowest BCUT2D eigenvalue weighted by molar-refractivity contribution is 0.0690. The van der Waals surface area contributed by atoms with E-state index in [-0.39, 0.29) is 5.69 Å². The van der Waals surface area contributed by atoms with Gasteiger partial charge in [-0.2, -0.15) is 5.10 Å². The van der Waals surface area contributed by atoms with E-state index in [0.717, 1.165) is 5.56 Å². The van der Waals surface area contributed by atoms with Crippen LogP contribution in [-0.4, -0.2) is 20.9 Å². The van der Waals surface area contributed by atoms with Crippen molar-refractivity contribution < 1.29 is 9.90 Å². The van der Waals surface area contributed by atoms with Crippen LogP contribution >= 0.6 is 0 Å². The van der Waals surface area contributed by atoms with Gasteiger partial charge in [0.05, 0.1) is 5.69 Å². The highest BCUT2D eigenvalue weighted by Gasteiger charge is 2.14. The van der Waals surface area contributed by atoms with Crippen molar-refractivity contribution in [2.75, 3.05) is 5.32 Å². The first kappa shape index (κ1) is 12.2. The molecule has 0 saturated carbocycles. The number of benzene rings is 1. The van der Waals surface area contributed by atoms with E-state index in [1.807, 2.05) is 37.3 Å². The number of carbonyl (C=O) groups is 1. The Bertz CT molecular complexity index is 534. The van der Waals surface area contributed by atoms with Crippen molar-refractivity contribution in [3.8, 4) is 0 Å². The van der Waals surface area contributed by atoms with Crippen molar-refractivity contribution in [1.29, 1.82) is 0 Å². The molecule has 0 aliphatic heterocycles. The maximum absolute atomic E-state index is 11.0. The minimum absolute atomic E-state index is 0.0628. The zero-order chi connectivity index (χ0) is 13.0. The van der Waals surface area contributed by atoms with Crippen molar-refractivity contribution in [1.82, 2.24) is 9.78 Å². The van der Waals surface area contributed by atoms with Gasteiger partial charge in [-0.3, -0.25) is 4.68 Å². The summed E-state index contributed by atoms with van der Waals surface area (Å²) in [5.41, 5.74) is 1.71. The third-order valence-corrected chi connectivity index (χ3v) is 2.61. The van der Waals surface area contributed by atoms with E-state index in [0.29, 0.717) is 18.8 Å². The zero-order valence-corrected chi connectivity index (χ0v) is 10.1. The smallest absolute Gasteiger partial charge is 0.358 e. The molecular formula is C13H15N3O2. The molecule has 2 N–H and O–H groups in total. The Morgan fingerprint density at radius 2 is 2.11 bits per heavy atom. The Balaban J connectivity index is 2.13. The largest absolute Gasteiger partial charge is 0.476 e. The van der Waals surface area contributed by atoms with Gasteiger partial charge in [0, 0.05) is 19.3 Å². The highest BCUT2D eigenvalue weighted by atomic mass is 16.4. The van der Waals surface area contributed by atoms with Crippen molar-refractivity contribution in [2.24, 2.45) is 0 Å². The fraction of sp³-hybridized carbons (Fsp3) is 0.231. The highest BCUT2D eigenvalue weighted by molar-refractivity contribution is 5.91. The molecular weight excluding hydrogens is 230 g/mol. The molecule has 0 radical (unpaired) electrons. The number of aryl methyl sites for hydroxylation is 1. The van der Waals surface area contributed by atoms with Gasteiger partial charge < -0.3 is 10.4 Å². The van der Waals surface area contributed by atoms with Gasteiger partial charge in [0.1, 0.15) is 0 Å². The van der Waals surface area contributed by atoms with Crippen LogP contribution in [0.5, 0.6) is 0 Å². The number of carboxylic acids is 1. The van der Waals surface area contributed by atoms with E-state index in [2.05, 4.69) is 10.4 Å². The lowest BCUT2D eigenvalue weighted by Gasteiger charge is -2.04. The molecule has 0 fully saturated rings. The van der Waals surface area contributed by atoms with Gasteiger partial charge in [-0.25, -0.2) is 4.79 Å². The van der Waals surface area contributed by atoms with Crippen molar-refractivity contribution in [3.05, 3.63) is 47.8 Å². The van der Waals surface area contributed by atoms with E-state index >= 15 is 0 Å². The van der Waals surface area contributed by atoms with Crippen LogP contribution in [0.3, 0.4) is 0 Å². The quantitative estimate of drug-likeness (QED) is 0.847. The second kappa shape index (κ2) is 5.35. The van der Waals surface area contributed by atoms with E-state index in [9.17, 15) is 4.79 Å². The second-order valence-corrected chi connectivity index (χ2v) is 3.89. The van der Waals surface area contributed by atoms with Gasteiger partial charge in [0.15, 0.2) is 5.69 Å². The Morgan fingerprint density at radius 3 is 2.72 bits per heavy atom. The van der Waals surface area contributed by atoms with Crippen LogP contribution in [0, 0.1) is 0 Å². The Morgan fingerprint density at radius 1 is 1.39 bits per heavy atom. The number of anilines is 1. The number of carboxylic acid groups (broad SMARTS) is 1. The van der Waals surface area contributed by atoms with Crippen molar-refractivity contribution >= 4 is 11.7 Å². The Labute approximate surface area is 105 Å². The van der Waals surface area contributed by atoms with Gasteiger partial charge in [-0.1, -0.05) is 30.3 Å². The first-order chi connectivity index (χ1) is 8.70. The summed E-state index contributed by atoms with van der Waals surface area (Å²) in [5, 5.41) is 16.2. The summed E-state index contributed by atoms with van der Waals surface area (Å²) in [6, 6.07) is 9.81. The molecule has 18 heavy (non-hydrogen) atoms. The van der Waals surface area contributed by atoms with E-state index in [4.69, 9.17) is 5.11 Å². The predicted octanol–water partition coefficient (Wildman–Crippen LogP) is 2.21. The second-order valence-electron chi connectivity index (χ2n) is 3.89. The van der Waals surface area contributed by atoms with E-state index in [1.54, 1.807) is 10.9 Å². The Hall–Kier alpha value is -2.30. The number of nitrogens with one attached hydrogen (secondary N) is 1. The SMILES string of the molecule is CCn1cc(NCc2ccccc2)c(C(=O)O)n1. The number of hydrogen-bond acceptors (Lipinski definition) is 3. The number of aromatic nitrogens is 2. The van der Waals surface area contributed by atoms with Crippen molar-refractivity contribution in [3.63, 3.8) is 0 Å². The monoisotopic (exact) mass is 245 g/mol. The van der Waals surface area contributed by atoms with E-state index in [1.165, 1.54) is 0 Å². The van der Waals surface area contributed by atoms with Gasteiger partial charge in [0.2, 0.25) is 0 Å². The first-order valence-electron chi connectivity index (χ1n) is 5.79. The van der Waals surface area contributed by atoms with Gasteiger partial charge >= 0.3 is 5.97 Å². The first-order valence-corrected chi connectivity index (χ1v) is 5.79. The molecule has 0 spiro atoms. The summed E-state index contributed by atoms with van der Waals surface area (Å²) in [6.45, 7) is 3.14. The van der Waals surface area contributed by atoms with Crippen LogP contribution in [0.4, 0.5) is 5.69 Å². The molecule has 5 heteroatoms. The van der Waals surface area contributed by atoms with Crippen LogP contribution < -0.4 is 5.32 Å². The third-order valence-electron chi connectivity index (χ3n) is 2.61. The molecule has 1 aromatic carbocycles. The number of nitrogens with zero attached hydrogens (tertiary/aromatic N) is 2. The van der Waals surface area contributed by atoms with E-state index < -0.39 is 5.97 Å². The Kier molecular flexibility index (Phi) is 3.62. The zero-order valence-electron chi connectivity index (χ0n) is 10.1. The van der Waals surface area contributed by atoms with Crippen LogP contribution in [0.15, 0.2) is 36.5 Å². The summed E-state index contributed by atoms with van der Waals surface area (Å²) < 4.78 is 1.61. The molecule has 0 bridgehead atoms. The number of hydrogen-bond donors (Lipinski definition) is 2. The lowest BCUT2D eigenvalue weighted by Crippen LogP contribution is -2.05. The summed E-state index contributed by atoms with van der Waals surface area (Å²) in [6.07, 6.45) is 1.71. The highest BCUT2D eigenvalue weighted by Crippen LogP contribution is 2.15. The number of aromatic carboxylic acids is 1. The molecule has 2 rings (SSSR count). The fourth-order valence-electron chi connectivity index (χ4n) is 1.66. The third kappa shape index (κ3) is 2.68. The minimum atomic E-state index is -1.02. The average Bonchev–Trinajstić information content (AvgIpc) is 2.81. The van der Waals surface area contributed by atoms with Crippen molar-refractivity contribution in [2.45, 2.75) is 20.0 Å². The van der Waals surface area contributed by atoms with Crippen LogP contribution in [0.2, 0.25) is 0 Å². The van der Waals surface area contributed by atoms with Gasteiger partial charge in [-0.15, -0.1) is 0 Å². The maximum Gasteiger partial charge on any atom is 0.358 e. The molecule has 2 aromatic rings. The standard InChI is InChI=1S/C13H15N3O2/c1-2-16-9-11(12(15-16)13(17)18)14-8-10-6-4-3-5-7-10/h3-7,9,14H,2,8H2,1H3,(H,17,18). The van der Waals surface area contributed by atoms with Crippen LogP contribution in [0.25, 0.3) is 0 Å². The minimum Gasteiger partial charge on any atom is -0.476 e. The summed E-state index contributed by atoms with van der Waals surface area (Å²) in [5.74, 6) is -1.02. The number of rotatable bonds is 5. The molecule has 0 aliphatic carbocycles. The molecule has 0 unspecified atom stereocenters. The molecule has 0 amide bonds.